The van der Waals surface area contributed by atoms with Crippen LogP contribution in [0.4, 0.5) is 68.2 Å². The van der Waals surface area contributed by atoms with Crippen molar-refractivity contribution < 1.29 is 4.79 Å². The Hall–Kier alpha value is -10.8. The second kappa shape index (κ2) is 21.8. The van der Waals surface area contributed by atoms with Crippen molar-refractivity contribution in [3.05, 3.63) is 325 Å². The van der Waals surface area contributed by atoms with Crippen LogP contribution in [0.5, 0.6) is 0 Å². The van der Waals surface area contributed by atoms with Gasteiger partial charge in [-0.05, 0) is 143 Å². The van der Waals surface area contributed by atoms with Crippen molar-refractivity contribution in [3.63, 3.8) is 0 Å². The summed E-state index contributed by atoms with van der Waals surface area (Å²) in [5, 5.41) is 9.00. The van der Waals surface area contributed by atoms with Crippen LogP contribution < -0.4 is 30.0 Å². The zero-order chi connectivity index (χ0) is 54.8. The van der Waals surface area contributed by atoms with Gasteiger partial charge in [0.05, 0.1) is 22.7 Å². The summed E-state index contributed by atoms with van der Waals surface area (Å²) in [4.78, 5) is 26.1. The van der Waals surface area contributed by atoms with E-state index in [1.165, 1.54) is 10.4 Å². The minimum atomic E-state index is -0.128. The van der Waals surface area contributed by atoms with Gasteiger partial charge in [-0.25, -0.2) is 0 Å². The normalized spacial score (nSPS) is 11.8. The Kier molecular flexibility index (Phi) is 13.2. The van der Waals surface area contributed by atoms with Crippen LogP contribution in [0, 0.1) is 0 Å². The summed E-state index contributed by atoms with van der Waals surface area (Å²) in [6, 6.07) is 106. The quantitative estimate of drug-likeness (QED) is 0.101. The maximum atomic E-state index is 16.8. The number of fused-ring (bicyclic) bond motifs is 4. The molecule has 0 bridgehead atoms. The van der Waals surface area contributed by atoms with Gasteiger partial charge in [0.1, 0.15) is 0 Å². The van der Waals surface area contributed by atoms with Gasteiger partial charge in [-0.15, -0.1) is 0 Å². The van der Waals surface area contributed by atoms with E-state index in [4.69, 9.17) is 0 Å². The Bertz CT molecular complexity index is 4470. The minimum Gasteiger partial charge on any atom is -0.310 e. The van der Waals surface area contributed by atoms with Crippen LogP contribution in [-0.4, -0.2) is 5.78 Å². The molecule has 13 aromatic carbocycles. The molecule has 0 saturated heterocycles. The van der Waals surface area contributed by atoms with Crippen molar-refractivity contribution in [1.29, 1.82) is 0 Å². The standard InChI is InChI=1S/C77H56N4O/c82-77(59-49-65(78(61-33-5-1-6-34-61)73-45-21-29-55-25-13-17-41-69(55)73)53-66(50-59)79(62-35-7-2-8-36-62)74-46-22-30-56-26-14-18-42-70(56)74)60-51-67(80(63-37-9-3-10-38-63)75-47-23-31-57-27-15-19-43-71(57)75)54-68(52-60)81(64-39-11-4-12-40-64)76-48-24-32-58-28-16-20-44-72(58)76/h1-15,17-19,21-54H,16,20H2. The average molecular weight is 1050 g/mol. The van der Waals surface area contributed by atoms with Gasteiger partial charge in [-0.3, -0.25) is 4.79 Å². The second-order valence-electron chi connectivity index (χ2n) is 20.7. The number of carbonyl (C=O) groups excluding carboxylic acids is 1. The lowest BCUT2D eigenvalue weighted by Gasteiger charge is -2.32. The third kappa shape index (κ3) is 9.40. The molecular formula is C77H56N4O. The monoisotopic (exact) mass is 1050 g/mol. The summed E-state index contributed by atoms with van der Waals surface area (Å²) in [5.41, 5.74) is 12.3. The van der Waals surface area contributed by atoms with Crippen molar-refractivity contribution in [2.24, 2.45) is 0 Å². The second-order valence-corrected chi connectivity index (χ2v) is 20.7. The van der Waals surface area contributed by atoms with Crippen LogP contribution in [0.15, 0.2) is 303 Å². The van der Waals surface area contributed by atoms with E-state index >= 15 is 4.79 Å². The van der Waals surface area contributed by atoms with Crippen LogP contribution in [-0.2, 0) is 0 Å². The first-order valence-electron chi connectivity index (χ1n) is 28.1. The fraction of sp³-hybridized carbons (Fsp3) is 0.0260. The highest BCUT2D eigenvalue weighted by Crippen LogP contribution is 2.47. The predicted molar refractivity (Wildman–Crippen MR) is 345 cm³/mol. The SMILES string of the molecule is O=C(c1cc(N(c2ccccc2)c2cccc3c2=CCCC=3)cc(N(c2ccccc2)c2cccc3ccccc23)c1)c1cc(N(c2ccccc2)c2cccc3ccccc23)cc(N(c2ccccc2)c2cccc3ccccc23)c1. The van der Waals surface area contributed by atoms with Crippen LogP contribution in [0.25, 0.3) is 44.5 Å². The number of hydrogen-bond acceptors (Lipinski definition) is 5. The van der Waals surface area contributed by atoms with Gasteiger partial charge in [-0.1, -0.05) is 206 Å². The number of benzene rings is 13. The molecule has 1 aliphatic rings. The molecule has 390 valence electrons. The molecule has 0 N–H and O–H groups in total. The van der Waals surface area contributed by atoms with Crippen LogP contribution in [0.2, 0.25) is 0 Å². The summed E-state index contributed by atoms with van der Waals surface area (Å²) >= 11 is 0. The van der Waals surface area contributed by atoms with Crippen LogP contribution in [0.1, 0.15) is 28.8 Å². The van der Waals surface area contributed by atoms with Crippen molar-refractivity contribution in [2.75, 3.05) is 19.6 Å². The number of rotatable bonds is 14. The van der Waals surface area contributed by atoms with Crippen molar-refractivity contribution in [1.82, 2.24) is 0 Å². The molecule has 5 heteroatoms. The summed E-state index contributed by atoms with van der Waals surface area (Å²) in [5.74, 6) is -0.128. The molecule has 14 rings (SSSR count). The van der Waals surface area contributed by atoms with Crippen molar-refractivity contribution in [3.8, 4) is 0 Å². The Morgan fingerprint density at radius 1 is 0.256 bits per heavy atom. The number of hydrogen-bond donors (Lipinski definition) is 0. The third-order valence-electron chi connectivity index (χ3n) is 15.7. The highest BCUT2D eigenvalue weighted by molar-refractivity contribution is 6.13. The molecule has 0 amide bonds. The summed E-state index contributed by atoms with van der Waals surface area (Å²) in [6.45, 7) is 0. The molecule has 0 fully saturated rings. The van der Waals surface area contributed by atoms with E-state index in [-0.39, 0.29) is 5.78 Å². The van der Waals surface area contributed by atoms with Crippen LogP contribution in [0.3, 0.4) is 0 Å². The van der Waals surface area contributed by atoms with E-state index in [1.807, 2.05) is 0 Å². The van der Waals surface area contributed by atoms with Gasteiger partial charge in [0.25, 0.3) is 0 Å². The predicted octanol–water partition coefficient (Wildman–Crippen LogP) is 19.6. The molecule has 0 atom stereocenters. The average Bonchev–Trinajstić information content (AvgIpc) is 3.69. The smallest absolute Gasteiger partial charge is 0.193 e. The number of nitrogens with zero attached hydrogens (tertiary/aromatic N) is 4. The van der Waals surface area contributed by atoms with E-state index in [0.717, 1.165) is 113 Å². The summed E-state index contributed by atoms with van der Waals surface area (Å²) < 4.78 is 0. The molecule has 0 saturated carbocycles. The molecule has 0 spiro atoms. The Morgan fingerprint density at radius 2 is 0.549 bits per heavy atom. The molecule has 0 radical (unpaired) electrons. The van der Waals surface area contributed by atoms with Gasteiger partial charge in [-0.2, -0.15) is 0 Å². The zero-order valence-electron chi connectivity index (χ0n) is 45.1. The number of anilines is 12. The lowest BCUT2D eigenvalue weighted by molar-refractivity contribution is 0.103. The highest BCUT2D eigenvalue weighted by atomic mass is 16.1. The van der Waals surface area contributed by atoms with Gasteiger partial charge in [0.15, 0.2) is 5.78 Å². The maximum Gasteiger partial charge on any atom is 0.193 e. The van der Waals surface area contributed by atoms with Gasteiger partial charge < -0.3 is 19.6 Å². The molecule has 0 aromatic heterocycles. The summed E-state index contributed by atoms with van der Waals surface area (Å²) in [6.07, 6.45) is 6.62. The first kappa shape index (κ1) is 49.5. The lowest BCUT2D eigenvalue weighted by atomic mass is 9.97. The lowest BCUT2D eigenvalue weighted by Crippen LogP contribution is -2.32. The van der Waals surface area contributed by atoms with E-state index in [2.05, 4.69) is 335 Å². The minimum absolute atomic E-state index is 0.128. The van der Waals surface area contributed by atoms with E-state index in [1.54, 1.807) is 0 Å². The van der Waals surface area contributed by atoms with Gasteiger partial charge >= 0.3 is 0 Å². The Labute approximate surface area is 478 Å². The molecule has 1 aliphatic carbocycles. The van der Waals surface area contributed by atoms with Crippen molar-refractivity contribution in [2.45, 2.75) is 12.8 Å². The molecule has 5 nitrogen and oxygen atoms in total. The first-order chi connectivity index (χ1) is 40.6. The molecule has 0 unspecified atom stereocenters. The molecule has 82 heavy (non-hydrogen) atoms. The van der Waals surface area contributed by atoms with E-state index in [9.17, 15) is 0 Å². The Morgan fingerprint density at radius 3 is 0.927 bits per heavy atom. The van der Waals surface area contributed by atoms with E-state index in [0.29, 0.717) is 11.1 Å². The number of para-hydroxylation sites is 4. The zero-order valence-corrected chi connectivity index (χ0v) is 45.1. The van der Waals surface area contributed by atoms with Crippen molar-refractivity contribution >= 4 is 119 Å². The fourth-order valence-corrected chi connectivity index (χ4v) is 12.0. The topological polar surface area (TPSA) is 30.0 Å². The fourth-order valence-electron chi connectivity index (χ4n) is 12.0. The molecular weight excluding hydrogens is 997 g/mol. The third-order valence-corrected chi connectivity index (χ3v) is 15.7. The first-order valence-corrected chi connectivity index (χ1v) is 28.1. The summed E-state index contributed by atoms with van der Waals surface area (Å²) in [7, 11) is 0. The number of ketones is 1. The number of carbonyl (C=O) groups is 1. The van der Waals surface area contributed by atoms with Gasteiger partial charge in [0.2, 0.25) is 0 Å². The maximum absolute atomic E-state index is 16.8. The Balaban J connectivity index is 1.06. The van der Waals surface area contributed by atoms with E-state index < -0.39 is 0 Å². The highest BCUT2D eigenvalue weighted by Gasteiger charge is 2.27. The molecule has 0 heterocycles. The molecule has 13 aromatic rings. The van der Waals surface area contributed by atoms with Crippen LogP contribution >= 0.6 is 0 Å². The largest absolute Gasteiger partial charge is 0.310 e. The molecule has 0 aliphatic heterocycles. The van der Waals surface area contributed by atoms with Gasteiger partial charge in [0, 0.05) is 78.0 Å².